The van der Waals surface area contributed by atoms with Crippen LogP contribution in [0.3, 0.4) is 0 Å². The highest BCUT2D eigenvalue weighted by Crippen LogP contribution is 2.44. The highest BCUT2D eigenvalue weighted by Gasteiger charge is 2.50. The number of nitrogens with zero attached hydrogens (tertiary/aromatic N) is 2. The normalized spacial score (nSPS) is 21.7. The van der Waals surface area contributed by atoms with Crippen LogP contribution in [0.15, 0.2) is 54.6 Å². The van der Waals surface area contributed by atoms with Crippen molar-refractivity contribution in [2.75, 3.05) is 20.1 Å². The van der Waals surface area contributed by atoms with E-state index in [4.69, 9.17) is 0 Å². The molecule has 2 aromatic carbocycles. The standard InChI is InChI=1S/C22H23FN2O2/c1-24-21(27)19(16-6-3-2-4-7-16)15-22(24)10-12-25(13-11-22)20(26)17-8-5-9-18(23)14-17/h2-9,14,19H,10-13,15H2,1H3. The van der Waals surface area contributed by atoms with Gasteiger partial charge in [0.1, 0.15) is 5.82 Å². The largest absolute Gasteiger partial charge is 0.339 e. The Balaban J connectivity index is 1.48. The van der Waals surface area contributed by atoms with Crippen LogP contribution in [0.4, 0.5) is 4.39 Å². The van der Waals surface area contributed by atoms with Crippen LogP contribution in [0.2, 0.25) is 0 Å². The summed E-state index contributed by atoms with van der Waals surface area (Å²) >= 11 is 0. The van der Waals surface area contributed by atoms with Gasteiger partial charge in [-0.2, -0.15) is 0 Å². The lowest BCUT2D eigenvalue weighted by atomic mass is 9.81. The van der Waals surface area contributed by atoms with Crippen LogP contribution in [0.1, 0.15) is 41.1 Å². The second kappa shape index (κ2) is 6.80. The Hall–Kier alpha value is -2.69. The fourth-order valence-corrected chi connectivity index (χ4v) is 4.49. The van der Waals surface area contributed by atoms with Crippen molar-refractivity contribution in [2.24, 2.45) is 0 Å². The number of carbonyl (C=O) groups excluding carboxylic acids is 2. The third-order valence-electron chi connectivity index (χ3n) is 6.18. The van der Waals surface area contributed by atoms with Gasteiger partial charge in [-0.05, 0) is 43.0 Å². The second-order valence-electron chi connectivity index (χ2n) is 7.59. The molecule has 27 heavy (non-hydrogen) atoms. The van der Waals surface area contributed by atoms with E-state index >= 15 is 0 Å². The van der Waals surface area contributed by atoms with Crippen LogP contribution >= 0.6 is 0 Å². The number of halogens is 1. The minimum Gasteiger partial charge on any atom is -0.339 e. The number of benzene rings is 2. The van der Waals surface area contributed by atoms with Crippen LogP contribution in [-0.2, 0) is 4.79 Å². The number of likely N-dealkylation sites (tertiary alicyclic amines) is 2. The first kappa shape index (κ1) is 17.7. The molecular weight excluding hydrogens is 343 g/mol. The van der Waals surface area contributed by atoms with Crippen molar-refractivity contribution in [2.45, 2.75) is 30.7 Å². The topological polar surface area (TPSA) is 40.6 Å². The fraction of sp³-hybridized carbons (Fsp3) is 0.364. The Labute approximate surface area is 158 Å². The molecule has 1 spiro atoms. The number of hydrogen-bond acceptors (Lipinski definition) is 2. The molecule has 140 valence electrons. The molecule has 2 amide bonds. The van der Waals surface area contributed by atoms with Crippen molar-refractivity contribution in [1.29, 1.82) is 0 Å². The monoisotopic (exact) mass is 366 g/mol. The Morgan fingerprint density at radius 2 is 1.78 bits per heavy atom. The first-order chi connectivity index (χ1) is 13.0. The van der Waals surface area contributed by atoms with Crippen LogP contribution in [0, 0.1) is 5.82 Å². The third kappa shape index (κ3) is 3.11. The quantitative estimate of drug-likeness (QED) is 0.817. The summed E-state index contributed by atoms with van der Waals surface area (Å²) in [5, 5.41) is 0. The lowest BCUT2D eigenvalue weighted by Gasteiger charge is -2.43. The zero-order valence-electron chi connectivity index (χ0n) is 15.4. The summed E-state index contributed by atoms with van der Waals surface area (Å²) in [5.41, 5.74) is 1.24. The van der Waals surface area contributed by atoms with E-state index in [1.54, 1.807) is 17.0 Å². The zero-order valence-corrected chi connectivity index (χ0v) is 15.4. The Bertz CT molecular complexity index is 860. The number of hydrogen-bond donors (Lipinski definition) is 0. The van der Waals surface area contributed by atoms with Crippen molar-refractivity contribution in [3.05, 3.63) is 71.5 Å². The zero-order chi connectivity index (χ0) is 19.0. The van der Waals surface area contributed by atoms with E-state index in [9.17, 15) is 14.0 Å². The number of rotatable bonds is 2. The van der Waals surface area contributed by atoms with Gasteiger partial charge in [0.05, 0.1) is 5.92 Å². The molecule has 0 bridgehead atoms. The van der Waals surface area contributed by atoms with Gasteiger partial charge in [-0.3, -0.25) is 9.59 Å². The summed E-state index contributed by atoms with van der Waals surface area (Å²) in [4.78, 5) is 29.2. The number of piperidine rings is 1. The van der Waals surface area contributed by atoms with Gasteiger partial charge in [0.25, 0.3) is 5.91 Å². The molecule has 2 aliphatic heterocycles. The maximum absolute atomic E-state index is 13.4. The van der Waals surface area contributed by atoms with E-state index in [-0.39, 0.29) is 23.3 Å². The molecule has 2 aromatic rings. The lowest BCUT2D eigenvalue weighted by Crippen LogP contribution is -2.52. The van der Waals surface area contributed by atoms with Crippen molar-refractivity contribution >= 4 is 11.8 Å². The van der Waals surface area contributed by atoms with Crippen LogP contribution in [-0.4, -0.2) is 47.3 Å². The first-order valence-electron chi connectivity index (χ1n) is 9.38. The van der Waals surface area contributed by atoms with Crippen molar-refractivity contribution in [1.82, 2.24) is 9.80 Å². The number of carbonyl (C=O) groups is 2. The molecule has 0 aromatic heterocycles. The molecule has 0 saturated carbocycles. The average molecular weight is 366 g/mol. The van der Waals surface area contributed by atoms with Gasteiger partial charge in [-0.1, -0.05) is 36.4 Å². The minimum absolute atomic E-state index is 0.110. The Morgan fingerprint density at radius 1 is 1.07 bits per heavy atom. The van der Waals surface area contributed by atoms with Crippen molar-refractivity contribution in [3.8, 4) is 0 Å². The first-order valence-corrected chi connectivity index (χ1v) is 9.38. The van der Waals surface area contributed by atoms with E-state index in [1.807, 2.05) is 42.3 Å². The molecule has 0 aliphatic carbocycles. The molecule has 2 aliphatic rings. The predicted molar refractivity (Wildman–Crippen MR) is 101 cm³/mol. The van der Waals surface area contributed by atoms with Gasteiger partial charge < -0.3 is 9.80 Å². The van der Waals surface area contributed by atoms with Crippen molar-refractivity contribution in [3.63, 3.8) is 0 Å². The van der Waals surface area contributed by atoms with E-state index in [2.05, 4.69) is 0 Å². The van der Waals surface area contributed by atoms with Gasteiger partial charge in [0, 0.05) is 31.2 Å². The smallest absolute Gasteiger partial charge is 0.253 e. The lowest BCUT2D eigenvalue weighted by molar-refractivity contribution is -0.131. The molecule has 2 fully saturated rings. The summed E-state index contributed by atoms with van der Waals surface area (Å²) < 4.78 is 13.4. The van der Waals surface area contributed by atoms with Crippen LogP contribution in [0.5, 0.6) is 0 Å². The number of amides is 2. The van der Waals surface area contributed by atoms with Gasteiger partial charge in [0.15, 0.2) is 0 Å². The SMILES string of the molecule is CN1C(=O)C(c2ccccc2)CC12CCN(C(=O)c1cccc(F)c1)CC2. The summed E-state index contributed by atoms with van der Waals surface area (Å²) in [6.45, 7) is 1.16. The van der Waals surface area contributed by atoms with Gasteiger partial charge in [-0.25, -0.2) is 4.39 Å². The average Bonchev–Trinajstić information content (AvgIpc) is 2.94. The second-order valence-corrected chi connectivity index (χ2v) is 7.59. The van der Waals surface area contributed by atoms with Gasteiger partial charge in [0.2, 0.25) is 5.91 Å². The molecular formula is C22H23FN2O2. The van der Waals surface area contributed by atoms with Gasteiger partial charge in [-0.15, -0.1) is 0 Å². The highest BCUT2D eigenvalue weighted by molar-refractivity contribution is 5.94. The fourth-order valence-electron chi connectivity index (χ4n) is 4.49. The minimum atomic E-state index is -0.402. The van der Waals surface area contributed by atoms with E-state index in [0.29, 0.717) is 18.7 Å². The summed E-state index contributed by atoms with van der Waals surface area (Å²) in [6, 6.07) is 15.7. The molecule has 1 unspecified atom stereocenters. The maximum atomic E-state index is 13.4. The van der Waals surface area contributed by atoms with E-state index < -0.39 is 5.82 Å². The van der Waals surface area contributed by atoms with Crippen LogP contribution < -0.4 is 0 Å². The summed E-state index contributed by atoms with van der Waals surface area (Å²) in [7, 11) is 1.88. The van der Waals surface area contributed by atoms with Crippen LogP contribution in [0.25, 0.3) is 0 Å². The summed E-state index contributed by atoms with van der Waals surface area (Å²) in [5.74, 6) is -0.495. The molecule has 4 rings (SSSR count). The Kier molecular flexibility index (Phi) is 4.46. The summed E-state index contributed by atoms with van der Waals surface area (Å²) in [6.07, 6.45) is 2.29. The molecule has 4 nitrogen and oxygen atoms in total. The third-order valence-corrected chi connectivity index (χ3v) is 6.18. The van der Waals surface area contributed by atoms with E-state index in [1.165, 1.54) is 12.1 Å². The maximum Gasteiger partial charge on any atom is 0.253 e. The molecule has 5 heteroatoms. The Morgan fingerprint density at radius 3 is 2.44 bits per heavy atom. The van der Waals surface area contributed by atoms with Crippen molar-refractivity contribution < 1.29 is 14.0 Å². The molecule has 0 radical (unpaired) electrons. The number of likely N-dealkylation sites (N-methyl/N-ethyl adjacent to an activating group) is 1. The molecule has 2 saturated heterocycles. The molecule has 0 N–H and O–H groups in total. The molecule has 1 atom stereocenters. The predicted octanol–water partition coefficient (Wildman–Crippen LogP) is 3.45. The highest BCUT2D eigenvalue weighted by atomic mass is 19.1. The van der Waals surface area contributed by atoms with Gasteiger partial charge >= 0.3 is 0 Å². The van der Waals surface area contributed by atoms with E-state index in [0.717, 1.165) is 24.8 Å². The molecule has 2 heterocycles.